The molecule has 0 aromatic carbocycles. The van der Waals surface area contributed by atoms with Crippen molar-refractivity contribution in [3.8, 4) is 0 Å². The van der Waals surface area contributed by atoms with Gasteiger partial charge in [0.25, 0.3) is 5.91 Å². The number of hydrogen-bond donors (Lipinski definition) is 2. The Morgan fingerprint density at radius 3 is 2.81 bits per heavy atom. The van der Waals surface area contributed by atoms with Gasteiger partial charge in [0.1, 0.15) is 5.82 Å². The molecule has 4 heteroatoms. The van der Waals surface area contributed by atoms with Crippen molar-refractivity contribution in [3.63, 3.8) is 0 Å². The molecule has 0 saturated heterocycles. The van der Waals surface area contributed by atoms with E-state index in [1.165, 1.54) is 6.20 Å². The number of nitrogen functional groups attached to an aromatic ring is 1. The molecule has 3 N–H and O–H groups in total. The van der Waals surface area contributed by atoms with Crippen molar-refractivity contribution in [2.45, 2.75) is 27.2 Å². The van der Waals surface area contributed by atoms with Gasteiger partial charge in [-0.15, -0.1) is 0 Å². The van der Waals surface area contributed by atoms with Crippen LogP contribution in [0.25, 0.3) is 0 Å². The predicted molar refractivity (Wildman–Crippen MR) is 65.1 cm³/mol. The summed E-state index contributed by atoms with van der Waals surface area (Å²) >= 11 is 0. The molecule has 0 aliphatic heterocycles. The number of rotatable bonds is 4. The van der Waals surface area contributed by atoms with Crippen LogP contribution >= 0.6 is 0 Å². The quantitative estimate of drug-likeness (QED) is 0.815. The Morgan fingerprint density at radius 1 is 1.56 bits per heavy atom. The zero-order valence-corrected chi connectivity index (χ0v) is 10.1. The summed E-state index contributed by atoms with van der Waals surface area (Å²) in [6, 6.07) is 3.24. The van der Waals surface area contributed by atoms with Crippen molar-refractivity contribution in [3.05, 3.63) is 23.9 Å². The molecule has 16 heavy (non-hydrogen) atoms. The van der Waals surface area contributed by atoms with Gasteiger partial charge in [0, 0.05) is 18.3 Å². The van der Waals surface area contributed by atoms with E-state index < -0.39 is 0 Å². The normalized spacial score (nSPS) is 11.2. The van der Waals surface area contributed by atoms with Crippen molar-refractivity contribution >= 4 is 11.7 Å². The molecule has 0 aliphatic rings. The van der Waals surface area contributed by atoms with Gasteiger partial charge in [-0.05, 0) is 24.0 Å². The highest BCUT2D eigenvalue weighted by molar-refractivity contribution is 5.94. The summed E-state index contributed by atoms with van der Waals surface area (Å²) in [5, 5.41) is 2.90. The molecular weight excluding hydrogens is 202 g/mol. The predicted octanol–water partition coefficient (Wildman–Crippen LogP) is 1.83. The third kappa shape index (κ3) is 3.53. The molecule has 1 rings (SSSR count). The number of amides is 1. The molecule has 0 unspecified atom stereocenters. The lowest BCUT2D eigenvalue weighted by molar-refractivity contribution is 0.0935. The third-order valence-electron chi connectivity index (χ3n) is 2.73. The number of hydrogen-bond acceptors (Lipinski definition) is 3. The molecule has 0 bridgehead atoms. The van der Waals surface area contributed by atoms with Crippen LogP contribution in [0.5, 0.6) is 0 Å². The first-order valence-corrected chi connectivity index (χ1v) is 5.44. The van der Waals surface area contributed by atoms with Crippen molar-refractivity contribution in [1.82, 2.24) is 10.3 Å². The highest BCUT2D eigenvalue weighted by atomic mass is 16.1. The Bertz CT molecular complexity index is 374. The Balaban J connectivity index is 2.60. The summed E-state index contributed by atoms with van der Waals surface area (Å²) < 4.78 is 0. The van der Waals surface area contributed by atoms with Crippen LogP contribution in [0.1, 0.15) is 37.6 Å². The number of anilines is 1. The molecule has 0 fully saturated rings. The topological polar surface area (TPSA) is 68.0 Å². The minimum atomic E-state index is -0.101. The van der Waals surface area contributed by atoms with Crippen LogP contribution in [0.15, 0.2) is 18.3 Å². The van der Waals surface area contributed by atoms with Gasteiger partial charge < -0.3 is 11.1 Å². The van der Waals surface area contributed by atoms with Crippen LogP contribution in [0.4, 0.5) is 5.82 Å². The molecule has 0 aliphatic carbocycles. The first-order chi connectivity index (χ1) is 7.44. The third-order valence-corrected chi connectivity index (χ3v) is 2.73. The van der Waals surface area contributed by atoms with Crippen molar-refractivity contribution in [2.24, 2.45) is 5.41 Å². The van der Waals surface area contributed by atoms with Gasteiger partial charge in [0.2, 0.25) is 0 Å². The monoisotopic (exact) mass is 221 g/mol. The fourth-order valence-electron chi connectivity index (χ4n) is 1.14. The van der Waals surface area contributed by atoms with Gasteiger partial charge in [-0.25, -0.2) is 4.98 Å². The summed E-state index contributed by atoms with van der Waals surface area (Å²) in [5.74, 6) is 0.262. The fourth-order valence-corrected chi connectivity index (χ4v) is 1.14. The van der Waals surface area contributed by atoms with Gasteiger partial charge in [0.15, 0.2) is 0 Å². The zero-order valence-electron chi connectivity index (χ0n) is 10.1. The number of aromatic nitrogens is 1. The Hall–Kier alpha value is -1.58. The second kappa shape index (κ2) is 4.96. The molecular formula is C12H19N3O. The van der Waals surface area contributed by atoms with Gasteiger partial charge in [-0.2, -0.15) is 0 Å². The molecule has 1 heterocycles. The summed E-state index contributed by atoms with van der Waals surface area (Å²) in [7, 11) is 0. The fraction of sp³-hybridized carbons (Fsp3) is 0.500. The van der Waals surface area contributed by atoms with Crippen LogP contribution in [0.2, 0.25) is 0 Å². The van der Waals surface area contributed by atoms with Crippen LogP contribution in [0, 0.1) is 5.41 Å². The molecule has 1 aromatic heterocycles. The zero-order chi connectivity index (χ0) is 12.2. The number of pyridine rings is 1. The van der Waals surface area contributed by atoms with E-state index >= 15 is 0 Å². The molecule has 4 nitrogen and oxygen atoms in total. The minimum absolute atomic E-state index is 0.101. The summed E-state index contributed by atoms with van der Waals surface area (Å²) in [6.45, 7) is 7.00. The van der Waals surface area contributed by atoms with E-state index in [4.69, 9.17) is 5.73 Å². The molecule has 0 spiro atoms. The summed E-state index contributed by atoms with van der Waals surface area (Å²) in [4.78, 5) is 15.6. The number of nitrogens with two attached hydrogens (primary N) is 1. The lowest BCUT2D eigenvalue weighted by atomic mass is 9.90. The van der Waals surface area contributed by atoms with E-state index in [0.29, 0.717) is 17.9 Å². The first-order valence-electron chi connectivity index (χ1n) is 5.44. The highest BCUT2D eigenvalue weighted by Crippen LogP contribution is 2.17. The maximum atomic E-state index is 11.8. The summed E-state index contributed by atoms with van der Waals surface area (Å²) in [5.41, 5.74) is 6.19. The Morgan fingerprint density at radius 2 is 2.25 bits per heavy atom. The standard InChI is InChI=1S/C12H19N3O/c1-4-12(2,3)8-15-11(16)9-5-6-14-10(13)7-9/h5-7H,4,8H2,1-3H3,(H2,13,14)(H,15,16). The molecule has 0 radical (unpaired) electrons. The van der Waals surface area contributed by atoms with E-state index in [1.54, 1.807) is 12.1 Å². The maximum absolute atomic E-state index is 11.8. The first kappa shape index (κ1) is 12.5. The van der Waals surface area contributed by atoms with Gasteiger partial charge in [-0.1, -0.05) is 20.8 Å². The van der Waals surface area contributed by atoms with Crippen LogP contribution in [0.3, 0.4) is 0 Å². The van der Waals surface area contributed by atoms with Crippen LogP contribution in [-0.2, 0) is 0 Å². The number of carbonyl (C=O) groups is 1. The van der Waals surface area contributed by atoms with Gasteiger partial charge >= 0.3 is 0 Å². The van der Waals surface area contributed by atoms with E-state index in [-0.39, 0.29) is 11.3 Å². The SMILES string of the molecule is CCC(C)(C)CNC(=O)c1ccnc(N)c1. The van der Waals surface area contributed by atoms with E-state index in [1.807, 2.05) is 0 Å². The van der Waals surface area contributed by atoms with E-state index in [9.17, 15) is 4.79 Å². The average molecular weight is 221 g/mol. The molecule has 88 valence electrons. The van der Waals surface area contributed by atoms with Crippen molar-refractivity contribution < 1.29 is 4.79 Å². The lowest BCUT2D eigenvalue weighted by Crippen LogP contribution is -2.33. The lowest BCUT2D eigenvalue weighted by Gasteiger charge is -2.22. The van der Waals surface area contributed by atoms with E-state index in [0.717, 1.165) is 6.42 Å². The largest absolute Gasteiger partial charge is 0.384 e. The number of nitrogens with zero attached hydrogens (tertiary/aromatic N) is 1. The second-order valence-electron chi connectivity index (χ2n) is 4.67. The Kier molecular flexibility index (Phi) is 3.88. The molecule has 1 aromatic rings. The van der Waals surface area contributed by atoms with Crippen molar-refractivity contribution in [1.29, 1.82) is 0 Å². The smallest absolute Gasteiger partial charge is 0.251 e. The summed E-state index contributed by atoms with van der Waals surface area (Å²) in [6.07, 6.45) is 2.56. The maximum Gasteiger partial charge on any atom is 0.251 e. The molecule has 0 saturated carbocycles. The van der Waals surface area contributed by atoms with Crippen LogP contribution < -0.4 is 11.1 Å². The Labute approximate surface area is 96.3 Å². The second-order valence-corrected chi connectivity index (χ2v) is 4.67. The van der Waals surface area contributed by atoms with E-state index in [2.05, 4.69) is 31.1 Å². The van der Waals surface area contributed by atoms with Crippen LogP contribution in [-0.4, -0.2) is 17.4 Å². The molecule has 1 amide bonds. The van der Waals surface area contributed by atoms with Gasteiger partial charge in [-0.3, -0.25) is 4.79 Å². The molecule has 0 atom stereocenters. The van der Waals surface area contributed by atoms with Crippen molar-refractivity contribution in [2.75, 3.05) is 12.3 Å². The minimum Gasteiger partial charge on any atom is -0.384 e. The number of carbonyl (C=O) groups excluding carboxylic acids is 1. The number of nitrogens with one attached hydrogen (secondary N) is 1. The highest BCUT2D eigenvalue weighted by Gasteiger charge is 2.16. The van der Waals surface area contributed by atoms with Gasteiger partial charge in [0.05, 0.1) is 0 Å². The average Bonchev–Trinajstić information content (AvgIpc) is 2.26.